The molecule has 2 heteroatoms. The van der Waals surface area contributed by atoms with Crippen LogP contribution in [-0.2, 0) is 11.2 Å². The summed E-state index contributed by atoms with van der Waals surface area (Å²) in [5, 5.41) is 0. The van der Waals surface area contributed by atoms with Crippen LogP contribution in [0.3, 0.4) is 0 Å². The van der Waals surface area contributed by atoms with Crippen molar-refractivity contribution in [3.63, 3.8) is 0 Å². The number of rotatable bonds is 3. The van der Waals surface area contributed by atoms with Gasteiger partial charge in [-0.1, -0.05) is 12.1 Å². The van der Waals surface area contributed by atoms with Gasteiger partial charge >= 0.3 is 0 Å². The van der Waals surface area contributed by atoms with Gasteiger partial charge in [0.2, 0.25) is 0 Å². The smallest absolute Gasteiger partial charge is 0.119 e. The Morgan fingerprint density at radius 3 is 3.14 bits per heavy atom. The molecule has 1 aliphatic rings. The Bertz CT molecular complexity index is 290. The number of hydrogen-bond acceptors (Lipinski definition) is 2. The Labute approximate surface area is 84.8 Å². The number of ether oxygens (including phenoxy) is 2. The molecule has 1 aliphatic heterocycles. The molecule has 2 rings (SSSR count). The van der Waals surface area contributed by atoms with Crippen LogP contribution in [0, 0.1) is 0 Å². The van der Waals surface area contributed by atoms with Crippen molar-refractivity contribution in [1.82, 2.24) is 0 Å². The lowest BCUT2D eigenvalue weighted by atomic mass is 10.1. The van der Waals surface area contributed by atoms with E-state index < -0.39 is 0 Å². The largest absolute Gasteiger partial charge is 0.497 e. The molecule has 76 valence electrons. The molecule has 14 heavy (non-hydrogen) atoms. The van der Waals surface area contributed by atoms with Crippen LogP contribution in [0.25, 0.3) is 0 Å². The zero-order valence-corrected chi connectivity index (χ0v) is 8.53. The van der Waals surface area contributed by atoms with E-state index in [2.05, 4.69) is 12.1 Å². The second-order valence-electron chi connectivity index (χ2n) is 3.69. The summed E-state index contributed by atoms with van der Waals surface area (Å²) in [5.74, 6) is 0.931. The quantitative estimate of drug-likeness (QED) is 0.732. The summed E-state index contributed by atoms with van der Waals surface area (Å²) in [6.45, 7) is 0.925. The van der Waals surface area contributed by atoms with Gasteiger partial charge in [0.15, 0.2) is 0 Å². The maximum Gasteiger partial charge on any atom is 0.119 e. The first kappa shape index (κ1) is 9.53. The summed E-state index contributed by atoms with van der Waals surface area (Å²) < 4.78 is 10.8. The molecule has 1 fully saturated rings. The second-order valence-corrected chi connectivity index (χ2v) is 3.69. The van der Waals surface area contributed by atoms with Crippen molar-refractivity contribution < 1.29 is 9.47 Å². The lowest BCUT2D eigenvalue weighted by Gasteiger charge is -2.09. The lowest BCUT2D eigenvalue weighted by molar-refractivity contribution is 0.111. The van der Waals surface area contributed by atoms with Crippen LogP contribution >= 0.6 is 0 Å². The van der Waals surface area contributed by atoms with E-state index >= 15 is 0 Å². The molecule has 1 atom stereocenters. The molecular formula is C12H16O2. The molecule has 0 spiro atoms. The monoisotopic (exact) mass is 192 g/mol. The van der Waals surface area contributed by atoms with Gasteiger partial charge < -0.3 is 9.47 Å². The molecule has 1 aromatic rings. The predicted molar refractivity (Wildman–Crippen MR) is 55.7 cm³/mol. The number of methoxy groups -OCH3 is 1. The molecule has 0 bridgehead atoms. The molecule has 1 unspecified atom stereocenters. The van der Waals surface area contributed by atoms with E-state index in [4.69, 9.17) is 9.47 Å². The molecule has 0 radical (unpaired) electrons. The Morgan fingerprint density at radius 2 is 2.43 bits per heavy atom. The Hall–Kier alpha value is -1.02. The minimum atomic E-state index is 0.419. The minimum absolute atomic E-state index is 0.419. The van der Waals surface area contributed by atoms with Crippen molar-refractivity contribution in [2.75, 3.05) is 13.7 Å². The predicted octanol–water partition coefficient (Wildman–Crippen LogP) is 2.42. The van der Waals surface area contributed by atoms with Crippen molar-refractivity contribution in [2.45, 2.75) is 25.4 Å². The highest BCUT2D eigenvalue weighted by Gasteiger charge is 2.15. The lowest BCUT2D eigenvalue weighted by Crippen LogP contribution is -2.08. The van der Waals surface area contributed by atoms with Crippen molar-refractivity contribution >= 4 is 0 Å². The fraction of sp³-hybridized carbons (Fsp3) is 0.500. The summed E-state index contributed by atoms with van der Waals surface area (Å²) in [7, 11) is 1.70. The maximum absolute atomic E-state index is 5.59. The molecule has 1 heterocycles. The van der Waals surface area contributed by atoms with Crippen LogP contribution in [0.1, 0.15) is 18.4 Å². The third-order valence-electron chi connectivity index (χ3n) is 2.62. The van der Waals surface area contributed by atoms with Crippen LogP contribution in [0.5, 0.6) is 5.75 Å². The second kappa shape index (κ2) is 4.47. The van der Waals surface area contributed by atoms with E-state index in [9.17, 15) is 0 Å². The van der Waals surface area contributed by atoms with Crippen molar-refractivity contribution in [3.05, 3.63) is 29.8 Å². The zero-order chi connectivity index (χ0) is 9.80. The topological polar surface area (TPSA) is 18.5 Å². The van der Waals surface area contributed by atoms with E-state index in [0.717, 1.165) is 18.8 Å². The van der Waals surface area contributed by atoms with Crippen LogP contribution < -0.4 is 4.74 Å². The van der Waals surface area contributed by atoms with Gasteiger partial charge in [0, 0.05) is 6.61 Å². The van der Waals surface area contributed by atoms with Crippen LogP contribution in [-0.4, -0.2) is 19.8 Å². The van der Waals surface area contributed by atoms with Crippen LogP contribution in [0.15, 0.2) is 24.3 Å². The Balaban J connectivity index is 2.00. The van der Waals surface area contributed by atoms with Crippen molar-refractivity contribution in [1.29, 1.82) is 0 Å². The molecule has 1 aromatic carbocycles. The van der Waals surface area contributed by atoms with Gasteiger partial charge in [-0.05, 0) is 37.0 Å². The summed E-state index contributed by atoms with van der Waals surface area (Å²) in [5.41, 5.74) is 1.30. The van der Waals surface area contributed by atoms with E-state index in [-0.39, 0.29) is 0 Å². The highest BCUT2D eigenvalue weighted by Crippen LogP contribution is 2.19. The third-order valence-corrected chi connectivity index (χ3v) is 2.62. The summed E-state index contributed by atoms with van der Waals surface area (Å²) in [6, 6.07) is 8.22. The first-order valence-electron chi connectivity index (χ1n) is 5.13. The van der Waals surface area contributed by atoms with Crippen LogP contribution in [0.4, 0.5) is 0 Å². The highest BCUT2D eigenvalue weighted by atomic mass is 16.5. The van der Waals surface area contributed by atoms with E-state index in [1.165, 1.54) is 18.4 Å². The first-order chi connectivity index (χ1) is 6.88. The molecule has 0 amide bonds. The molecule has 0 N–H and O–H groups in total. The van der Waals surface area contributed by atoms with Gasteiger partial charge in [0.1, 0.15) is 5.75 Å². The first-order valence-corrected chi connectivity index (χ1v) is 5.13. The van der Waals surface area contributed by atoms with E-state index in [0.29, 0.717) is 6.10 Å². The van der Waals surface area contributed by atoms with Crippen molar-refractivity contribution in [2.24, 2.45) is 0 Å². The minimum Gasteiger partial charge on any atom is -0.497 e. The highest BCUT2D eigenvalue weighted by molar-refractivity contribution is 5.28. The summed E-state index contributed by atoms with van der Waals surface area (Å²) >= 11 is 0. The fourth-order valence-corrected chi connectivity index (χ4v) is 1.87. The van der Waals surface area contributed by atoms with Gasteiger partial charge in [-0.15, -0.1) is 0 Å². The molecule has 0 aromatic heterocycles. The van der Waals surface area contributed by atoms with Gasteiger partial charge in [0.05, 0.1) is 13.2 Å². The number of hydrogen-bond donors (Lipinski definition) is 0. The van der Waals surface area contributed by atoms with Crippen LogP contribution in [0.2, 0.25) is 0 Å². The SMILES string of the molecule is COc1cccc(CC2CCCO2)c1. The Kier molecular flexibility index (Phi) is 3.04. The maximum atomic E-state index is 5.59. The molecule has 0 saturated carbocycles. The van der Waals surface area contributed by atoms with E-state index in [1.54, 1.807) is 7.11 Å². The van der Waals surface area contributed by atoms with Gasteiger partial charge in [-0.2, -0.15) is 0 Å². The fourth-order valence-electron chi connectivity index (χ4n) is 1.87. The van der Waals surface area contributed by atoms with Gasteiger partial charge in [0.25, 0.3) is 0 Å². The third kappa shape index (κ3) is 2.26. The number of benzene rings is 1. The molecule has 0 aliphatic carbocycles. The van der Waals surface area contributed by atoms with Gasteiger partial charge in [-0.3, -0.25) is 0 Å². The Morgan fingerprint density at radius 1 is 1.50 bits per heavy atom. The summed E-state index contributed by atoms with van der Waals surface area (Å²) in [6.07, 6.45) is 3.82. The molecule has 2 nitrogen and oxygen atoms in total. The summed E-state index contributed by atoms with van der Waals surface area (Å²) in [4.78, 5) is 0. The average molecular weight is 192 g/mol. The standard InChI is InChI=1S/C12H16O2/c1-13-11-5-2-4-10(8-11)9-12-6-3-7-14-12/h2,4-5,8,12H,3,6-7,9H2,1H3. The van der Waals surface area contributed by atoms with Crippen molar-refractivity contribution in [3.8, 4) is 5.75 Å². The average Bonchev–Trinajstić information content (AvgIpc) is 2.71. The van der Waals surface area contributed by atoms with E-state index in [1.807, 2.05) is 12.1 Å². The molecular weight excluding hydrogens is 176 g/mol. The zero-order valence-electron chi connectivity index (χ0n) is 8.53. The normalized spacial score (nSPS) is 21.1. The van der Waals surface area contributed by atoms with Gasteiger partial charge in [-0.25, -0.2) is 0 Å². The molecule has 1 saturated heterocycles.